The average Bonchev–Trinajstić information content (AvgIpc) is 2.81. The van der Waals surface area contributed by atoms with Gasteiger partial charge in [-0.25, -0.2) is 0 Å². The molecule has 13 nitrogen and oxygen atoms in total. The van der Waals surface area contributed by atoms with Gasteiger partial charge in [0.15, 0.2) is 29.5 Å². The first kappa shape index (κ1) is 26.6. The predicted molar refractivity (Wildman–Crippen MR) is 127 cm³/mol. The minimum absolute atomic E-state index is 0.0309. The van der Waals surface area contributed by atoms with Crippen LogP contribution in [0.15, 0.2) is 39.5 Å². The maximum absolute atomic E-state index is 13.5. The molecule has 4 rings (SSSR count). The molecule has 0 bridgehead atoms. The molecule has 13 heteroatoms. The first-order valence-corrected chi connectivity index (χ1v) is 11.3. The van der Waals surface area contributed by atoms with Crippen LogP contribution in [0.2, 0.25) is 0 Å². The van der Waals surface area contributed by atoms with Crippen molar-refractivity contribution in [3.63, 3.8) is 0 Å². The van der Waals surface area contributed by atoms with E-state index in [1.165, 1.54) is 13.0 Å². The molecule has 38 heavy (non-hydrogen) atoms. The maximum atomic E-state index is 13.5. The van der Waals surface area contributed by atoms with Gasteiger partial charge < -0.3 is 48.9 Å². The van der Waals surface area contributed by atoms with Crippen LogP contribution < -0.4 is 10.2 Å². The molecule has 1 aliphatic rings. The van der Waals surface area contributed by atoms with Crippen LogP contribution in [0, 0.1) is 0 Å². The number of aliphatic hydroxyl groups excluding tert-OH is 1. The summed E-state index contributed by atoms with van der Waals surface area (Å²) in [5.41, 5.74) is -1.16. The highest BCUT2D eigenvalue weighted by atomic mass is 16.7. The quantitative estimate of drug-likeness (QED) is 0.234. The van der Waals surface area contributed by atoms with Crippen LogP contribution in [0.25, 0.3) is 22.3 Å². The van der Waals surface area contributed by atoms with Gasteiger partial charge in [-0.05, 0) is 25.1 Å². The van der Waals surface area contributed by atoms with E-state index in [0.29, 0.717) is 0 Å². The molecular weight excluding hydrogens is 508 g/mol. The van der Waals surface area contributed by atoms with E-state index in [0.717, 1.165) is 38.1 Å². The Kier molecular flexibility index (Phi) is 7.07. The second kappa shape index (κ2) is 10.1. The van der Waals surface area contributed by atoms with Gasteiger partial charge in [-0.2, -0.15) is 0 Å². The normalized spacial score (nSPS) is 23.1. The number of hydrogen-bond acceptors (Lipinski definition) is 13. The van der Waals surface area contributed by atoms with Gasteiger partial charge in [-0.3, -0.25) is 14.4 Å². The molecule has 3 aromatic rings. The molecule has 202 valence electrons. The number of aliphatic hydroxyl groups is 1. The average molecular weight is 532 g/mol. The molecule has 0 amide bonds. The molecule has 5 atom stereocenters. The van der Waals surface area contributed by atoms with E-state index in [4.69, 9.17) is 23.4 Å². The molecule has 1 fully saturated rings. The Balaban J connectivity index is 1.88. The van der Waals surface area contributed by atoms with Crippen LogP contribution in [0.3, 0.4) is 0 Å². The third-order valence-electron chi connectivity index (χ3n) is 5.75. The van der Waals surface area contributed by atoms with Crippen molar-refractivity contribution in [1.82, 2.24) is 0 Å². The van der Waals surface area contributed by atoms with E-state index in [9.17, 15) is 39.9 Å². The molecule has 5 N–H and O–H groups in total. The summed E-state index contributed by atoms with van der Waals surface area (Å²) >= 11 is 0. The summed E-state index contributed by atoms with van der Waals surface area (Å²) in [5.74, 6) is -4.55. The van der Waals surface area contributed by atoms with Gasteiger partial charge in [0.25, 0.3) is 0 Å². The van der Waals surface area contributed by atoms with Gasteiger partial charge in [-0.15, -0.1) is 0 Å². The van der Waals surface area contributed by atoms with Crippen molar-refractivity contribution in [2.45, 2.75) is 51.5 Å². The second-order valence-electron chi connectivity index (χ2n) is 8.60. The van der Waals surface area contributed by atoms with Crippen LogP contribution in [0.1, 0.15) is 20.8 Å². The lowest BCUT2D eigenvalue weighted by Crippen LogP contribution is -2.60. The molecular formula is C25H24O13. The van der Waals surface area contributed by atoms with Crippen LogP contribution in [-0.2, 0) is 23.8 Å². The third-order valence-corrected chi connectivity index (χ3v) is 5.75. The first-order valence-electron chi connectivity index (χ1n) is 11.3. The fourth-order valence-electron chi connectivity index (χ4n) is 4.11. The molecule has 1 aliphatic heterocycles. The lowest BCUT2D eigenvalue weighted by Gasteiger charge is -2.41. The fraction of sp³-hybridized carbons (Fsp3) is 0.320. The highest BCUT2D eigenvalue weighted by Gasteiger charge is 2.49. The van der Waals surface area contributed by atoms with Crippen molar-refractivity contribution in [3.8, 4) is 40.1 Å². The van der Waals surface area contributed by atoms with E-state index in [1.807, 2.05) is 0 Å². The topological polar surface area (TPSA) is 202 Å². The number of phenols is 4. The minimum Gasteiger partial charge on any atom is -0.508 e. The summed E-state index contributed by atoms with van der Waals surface area (Å²) in [6.07, 6.45) is -7.09. The summed E-state index contributed by atoms with van der Waals surface area (Å²) in [5, 5.41) is 50.4. The molecule has 0 saturated carbocycles. The molecule has 1 aromatic heterocycles. The fourth-order valence-corrected chi connectivity index (χ4v) is 4.11. The van der Waals surface area contributed by atoms with Crippen LogP contribution in [0.4, 0.5) is 0 Å². The van der Waals surface area contributed by atoms with Crippen LogP contribution in [0.5, 0.6) is 28.7 Å². The zero-order chi connectivity index (χ0) is 27.9. The Morgan fingerprint density at radius 2 is 1.55 bits per heavy atom. The highest BCUT2D eigenvalue weighted by molar-refractivity contribution is 5.88. The molecule has 0 spiro atoms. The van der Waals surface area contributed by atoms with Crippen LogP contribution >= 0.6 is 0 Å². The number of esters is 2. The largest absolute Gasteiger partial charge is 0.508 e. The van der Waals surface area contributed by atoms with Crippen molar-refractivity contribution < 1.29 is 58.5 Å². The number of carbonyl (C=O) groups is 2. The van der Waals surface area contributed by atoms with Crippen molar-refractivity contribution in [2.24, 2.45) is 0 Å². The minimum atomic E-state index is -1.64. The molecule has 2 aromatic carbocycles. The number of benzene rings is 2. The van der Waals surface area contributed by atoms with Crippen molar-refractivity contribution >= 4 is 22.9 Å². The van der Waals surface area contributed by atoms with Crippen molar-refractivity contribution in [1.29, 1.82) is 0 Å². The summed E-state index contributed by atoms with van der Waals surface area (Å²) in [6.45, 7) is 3.63. The summed E-state index contributed by atoms with van der Waals surface area (Å²) < 4.78 is 27.6. The Bertz CT molecular complexity index is 1460. The number of aromatic hydroxyl groups is 4. The number of fused-ring (bicyclic) bond motifs is 1. The summed E-state index contributed by atoms with van der Waals surface area (Å²) in [7, 11) is 0. The van der Waals surface area contributed by atoms with Gasteiger partial charge >= 0.3 is 11.9 Å². The maximum Gasteiger partial charge on any atom is 0.303 e. The summed E-state index contributed by atoms with van der Waals surface area (Å²) in [6, 6.07) is 5.44. The molecule has 0 aliphatic carbocycles. The van der Waals surface area contributed by atoms with Gasteiger partial charge in [0.1, 0.15) is 28.6 Å². The third kappa shape index (κ3) is 5.01. The number of phenolic OH excluding ortho intramolecular Hbond substituents is 4. The number of hydrogen-bond donors (Lipinski definition) is 5. The lowest BCUT2D eigenvalue weighted by atomic mass is 9.99. The van der Waals surface area contributed by atoms with Gasteiger partial charge in [0.2, 0.25) is 17.5 Å². The Labute approximate surface area is 214 Å². The Morgan fingerprint density at radius 3 is 2.18 bits per heavy atom. The number of rotatable bonds is 5. The zero-order valence-corrected chi connectivity index (χ0v) is 20.3. The number of carbonyl (C=O) groups excluding carboxylic acids is 2. The molecule has 0 radical (unpaired) electrons. The molecule has 1 saturated heterocycles. The van der Waals surface area contributed by atoms with Crippen molar-refractivity contribution in [2.75, 3.05) is 0 Å². The Morgan fingerprint density at radius 1 is 0.895 bits per heavy atom. The highest BCUT2D eigenvalue weighted by Crippen LogP contribution is 2.39. The smallest absolute Gasteiger partial charge is 0.303 e. The number of ether oxygens (including phenoxy) is 4. The van der Waals surface area contributed by atoms with E-state index < -0.39 is 76.8 Å². The SMILES string of the molecule is CC(=O)O[C@@H]1[C@@H](O)[C@@H](OC(C)=O)[C@H](Oc2c(-c3ccc(O)c(O)c3)oc3cc(O)cc(O)c3c2=O)O[C@H]1C. The first-order chi connectivity index (χ1) is 17.9. The second-order valence-corrected chi connectivity index (χ2v) is 8.60. The monoisotopic (exact) mass is 532 g/mol. The van der Waals surface area contributed by atoms with Gasteiger partial charge in [0.05, 0.1) is 6.10 Å². The van der Waals surface area contributed by atoms with Crippen molar-refractivity contribution in [3.05, 3.63) is 40.6 Å². The van der Waals surface area contributed by atoms with E-state index in [1.54, 1.807) is 0 Å². The van der Waals surface area contributed by atoms with Gasteiger partial charge in [0, 0.05) is 31.5 Å². The zero-order valence-electron chi connectivity index (χ0n) is 20.3. The van der Waals surface area contributed by atoms with E-state index >= 15 is 0 Å². The van der Waals surface area contributed by atoms with Crippen LogP contribution in [-0.4, -0.2) is 68.2 Å². The Hall–Kier alpha value is -4.49. The molecule has 0 unspecified atom stereocenters. The summed E-state index contributed by atoms with van der Waals surface area (Å²) in [4.78, 5) is 36.9. The predicted octanol–water partition coefficient (Wildman–Crippen LogP) is 1.63. The van der Waals surface area contributed by atoms with E-state index in [2.05, 4.69) is 0 Å². The lowest BCUT2D eigenvalue weighted by molar-refractivity contribution is -0.277. The van der Waals surface area contributed by atoms with E-state index in [-0.39, 0.29) is 22.3 Å². The van der Waals surface area contributed by atoms with Gasteiger partial charge in [-0.1, -0.05) is 0 Å². The molecule has 2 heterocycles. The standard InChI is InChI=1S/C25H24O13/c1-9-21(35-10(2)26)20(33)24(36-11(3)27)25(34-9)38-23-19(32)18-16(31)7-13(28)8-17(18)37-22(23)12-4-5-14(29)15(30)6-12/h4-9,20-21,24-25,28-31,33H,1-3H3/t9-,20+,21-,24+,25-/m0/s1.